The third kappa shape index (κ3) is 4.74. The molecular formula is C19H24N10O2. The van der Waals surface area contributed by atoms with Crippen molar-refractivity contribution in [2.45, 2.75) is 44.7 Å². The largest absolute Gasteiger partial charge is 0.378 e. The van der Waals surface area contributed by atoms with Crippen LogP contribution in [0.4, 0.5) is 5.82 Å². The quantitative estimate of drug-likeness (QED) is 0.420. The highest BCUT2D eigenvalue weighted by Gasteiger charge is 2.27. The average molecular weight is 424 g/mol. The summed E-state index contributed by atoms with van der Waals surface area (Å²) in [6, 6.07) is 4.03. The Morgan fingerprint density at radius 2 is 2.23 bits per heavy atom. The van der Waals surface area contributed by atoms with E-state index in [1.54, 1.807) is 18.5 Å². The predicted molar refractivity (Wildman–Crippen MR) is 111 cm³/mol. The number of carbonyl (C=O) groups is 1. The first-order valence-corrected chi connectivity index (χ1v) is 10.1. The van der Waals surface area contributed by atoms with Crippen molar-refractivity contribution in [3.05, 3.63) is 41.5 Å². The third-order valence-electron chi connectivity index (χ3n) is 5.34. The van der Waals surface area contributed by atoms with Crippen molar-refractivity contribution in [2.24, 2.45) is 5.10 Å². The molecule has 0 radical (unpaired) electrons. The lowest BCUT2D eigenvalue weighted by Crippen LogP contribution is -2.34. The molecule has 1 saturated carbocycles. The van der Waals surface area contributed by atoms with E-state index in [1.165, 1.54) is 30.2 Å². The highest BCUT2D eigenvalue weighted by Crippen LogP contribution is 2.24. The number of nitrogen functional groups attached to an aromatic ring is 1. The minimum atomic E-state index is -0.492. The van der Waals surface area contributed by atoms with Crippen molar-refractivity contribution in [3.63, 3.8) is 0 Å². The number of nitrogens with one attached hydrogen (secondary N) is 1. The lowest BCUT2D eigenvalue weighted by Gasteiger charge is -2.31. The zero-order valence-corrected chi connectivity index (χ0v) is 17.2. The number of hydrogen-bond donors (Lipinski definition) is 2. The molecule has 3 N–H and O–H groups in total. The van der Waals surface area contributed by atoms with Gasteiger partial charge >= 0.3 is 0 Å². The fourth-order valence-corrected chi connectivity index (χ4v) is 3.69. The second-order valence-electron chi connectivity index (χ2n) is 7.46. The van der Waals surface area contributed by atoms with Crippen LogP contribution < -0.4 is 11.2 Å². The summed E-state index contributed by atoms with van der Waals surface area (Å²) in [5.74, 6) is -0.237. The van der Waals surface area contributed by atoms with Crippen LogP contribution in [0.1, 0.15) is 53.8 Å². The Bertz CT molecular complexity index is 1040. The van der Waals surface area contributed by atoms with E-state index < -0.39 is 5.91 Å². The molecule has 162 valence electrons. The van der Waals surface area contributed by atoms with Crippen molar-refractivity contribution in [1.29, 1.82) is 0 Å². The van der Waals surface area contributed by atoms with E-state index in [4.69, 9.17) is 10.4 Å². The molecule has 1 aliphatic carbocycles. The van der Waals surface area contributed by atoms with Crippen LogP contribution in [0.25, 0.3) is 5.82 Å². The van der Waals surface area contributed by atoms with Gasteiger partial charge < -0.3 is 5.73 Å². The first kappa shape index (κ1) is 20.6. The van der Waals surface area contributed by atoms with Crippen LogP contribution in [0.3, 0.4) is 0 Å². The lowest BCUT2D eigenvalue weighted by molar-refractivity contribution is 0.0947. The summed E-state index contributed by atoms with van der Waals surface area (Å²) in [6.45, 7) is 0.430. The summed E-state index contributed by atoms with van der Waals surface area (Å²) in [6.07, 6.45) is 10.7. The van der Waals surface area contributed by atoms with Gasteiger partial charge in [-0.05, 0) is 36.3 Å². The SMILES string of the molecule is CN(Cc1c(C(=O)N/N=C/c2cccnc2)nnn1-c1nonc1N)C1CCCCC1. The van der Waals surface area contributed by atoms with Crippen molar-refractivity contribution < 1.29 is 9.42 Å². The van der Waals surface area contributed by atoms with Crippen molar-refractivity contribution in [1.82, 2.24) is 40.6 Å². The number of nitrogens with two attached hydrogens (primary N) is 1. The van der Waals surface area contributed by atoms with E-state index >= 15 is 0 Å². The zero-order chi connectivity index (χ0) is 21.6. The van der Waals surface area contributed by atoms with Crippen LogP contribution in [-0.4, -0.2) is 60.4 Å². The molecule has 31 heavy (non-hydrogen) atoms. The summed E-state index contributed by atoms with van der Waals surface area (Å²) in [7, 11) is 2.03. The van der Waals surface area contributed by atoms with Crippen molar-refractivity contribution in [3.8, 4) is 5.82 Å². The molecule has 0 aliphatic heterocycles. The van der Waals surface area contributed by atoms with Gasteiger partial charge in [-0.15, -0.1) is 5.10 Å². The second kappa shape index (κ2) is 9.43. The number of rotatable bonds is 7. The topological polar surface area (TPSA) is 153 Å². The molecule has 0 spiro atoms. The van der Waals surface area contributed by atoms with Gasteiger partial charge in [0.05, 0.1) is 11.9 Å². The molecular weight excluding hydrogens is 400 g/mol. The Morgan fingerprint density at radius 3 is 2.94 bits per heavy atom. The first-order valence-electron chi connectivity index (χ1n) is 10.1. The molecule has 3 aromatic rings. The molecule has 1 fully saturated rings. The van der Waals surface area contributed by atoms with E-state index in [2.05, 4.69) is 41.0 Å². The van der Waals surface area contributed by atoms with Gasteiger partial charge in [-0.2, -0.15) is 9.78 Å². The van der Waals surface area contributed by atoms with E-state index in [0.717, 1.165) is 18.4 Å². The summed E-state index contributed by atoms with van der Waals surface area (Å²) in [5, 5.41) is 19.5. The van der Waals surface area contributed by atoms with Gasteiger partial charge in [0.1, 0.15) is 0 Å². The van der Waals surface area contributed by atoms with Gasteiger partial charge in [-0.25, -0.2) is 10.1 Å². The van der Waals surface area contributed by atoms with Crippen LogP contribution in [0, 0.1) is 0 Å². The van der Waals surface area contributed by atoms with Crippen LogP contribution >= 0.6 is 0 Å². The standard InChI is InChI=1S/C19H24N10O2/c1-28(14-7-3-2-4-8-14)12-15-16(23-27-29(15)18-17(20)25-31-26-18)19(30)24-22-11-13-6-5-9-21-10-13/h5-6,9-11,14H,2-4,7-8,12H2,1H3,(H2,20,25)(H,24,30)/b22-11+. The molecule has 0 bridgehead atoms. The van der Waals surface area contributed by atoms with Crippen LogP contribution in [0.2, 0.25) is 0 Å². The Balaban J connectivity index is 1.57. The maximum absolute atomic E-state index is 12.8. The Kier molecular flexibility index (Phi) is 6.26. The van der Waals surface area contributed by atoms with Crippen molar-refractivity contribution >= 4 is 17.9 Å². The Hall–Kier alpha value is -3.67. The molecule has 1 amide bonds. The number of hydrogen-bond acceptors (Lipinski definition) is 10. The fourth-order valence-electron chi connectivity index (χ4n) is 3.69. The molecule has 3 heterocycles. The molecule has 12 nitrogen and oxygen atoms in total. The monoisotopic (exact) mass is 424 g/mol. The van der Waals surface area contributed by atoms with Gasteiger partial charge in [0.25, 0.3) is 5.91 Å². The third-order valence-corrected chi connectivity index (χ3v) is 5.34. The normalized spacial score (nSPS) is 15.0. The maximum atomic E-state index is 12.8. The number of carbonyl (C=O) groups excluding carboxylic acids is 1. The Labute approximate surface area is 178 Å². The number of pyridine rings is 1. The summed E-state index contributed by atoms with van der Waals surface area (Å²) >= 11 is 0. The molecule has 1 aliphatic rings. The van der Waals surface area contributed by atoms with Gasteiger partial charge in [-0.1, -0.05) is 30.5 Å². The minimum absolute atomic E-state index is 0.0630. The number of anilines is 1. The number of hydrazone groups is 1. The maximum Gasteiger partial charge on any atom is 0.293 e. The highest BCUT2D eigenvalue weighted by molar-refractivity contribution is 5.94. The van der Waals surface area contributed by atoms with Gasteiger partial charge in [-0.3, -0.25) is 14.7 Å². The Morgan fingerprint density at radius 1 is 1.39 bits per heavy atom. The van der Waals surface area contributed by atoms with Gasteiger partial charge in [0.2, 0.25) is 11.6 Å². The van der Waals surface area contributed by atoms with Crippen LogP contribution in [-0.2, 0) is 6.54 Å². The minimum Gasteiger partial charge on any atom is -0.378 e. The van der Waals surface area contributed by atoms with Crippen LogP contribution in [0.5, 0.6) is 0 Å². The number of aromatic nitrogens is 6. The van der Waals surface area contributed by atoms with E-state index in [9.17, 15) is 4.79 Å². The number of amides is 1. The summed E-state index contributed by atoms with van der Waals surface area (Å²) in [5.41, 5.74) is 9.76. The van der Waals surface area contributed by atoms with Crippen molar-refractivity contribution in [2.75, 3.05) is 12.8 Å². The molecule has 4 rings (SSSR count). The molecule has 0 aromatic carbocycles. The number of nitrogens with zero attached hydrogens (tertiary/aromatic N) is 8. The molecule has 12 heteroatoms. The molecule has 3 aromatic heterocycles. The van der Waals surface area contributed by atoms with E-state index in [1.807, 2.05) is 13.1 Å². The summed E-state index contributed by atoms with van der Waals surface area (Å²) in [4.78, 5) is 19.0. The van der Waals surface area contributed by atoms with E-state index in [-0.39, 0.29) is 17.3 Å². The fraction of sp³-hybridized carbons (Fsp3) is 0.421. The predicted octanol–water partition coefficient (Wildman–Crippen LogP) is 1.16. The lowest BCUT2D eigenvalue weighted by atomic mass is 9.94. The second-order valence-corrected chi connectivity index (χ2v) is 7.46. The smallest absolute Gasteiger partial charge is 0.293 e. The van der Waals surface area contributed by atoms with Crippen LogP contribution in [0.15, 0.2) is 34.3 Å². The molecule has 0 saturated heterocycles. The van der Waals surface area contributed by atoms with Gasteiger partial charge in [0, 0.05) is 30.5 Å². The van der Waals surface area contributed by atoms with E-state index in [0.29, 0.717) is 18.3 Å². The molecule has 0 atom stereocenters. The average Bonchev–Trinajstić information content (AvgIpc) is 3.40. The molecule has 0 unspecified atom stereocenters. The summed E-state index contributed by atoms with van der Waals surface area (Å²) < 4.78 is 6.10. The highest BCUT2D eigenvalue weighted by atomic mass is 16.6. The zero-order valence-electron chi connectivity index (χ0n) is 17.2. The van der Waals surface area contributed by atoms with Gasteiger partial charge in [0.15, 0.2) is 5.69 Å². The first-order chi connectivity index (χ1) is 15.1.